The Bertz CT molecular complexity index is 1230. The smallest absolute Gasteiger partial charge is 0.266 e. The summed E-state index contributed by atoms with van der Waals surface area (Å²) in [6.45, 7) is 2.47. The van der Waals surface area contributed by atoms with Crippen molar-refractivity contribution in [3.8, 4) is 11.4 Å². The molecule has 1 aliphatic rings. The SMILES string of the molecule is COc1cccc(-n2c(S[C@@H](C)C(=O)NCCC3=CCCCC3)nc3ccccc3c2=O)c1. The first kappa shape index (κ1) is 23.1. The second-order valence-corrected chi connectivity index (χ2v) is 9.47. The molecule has 0 spiro atoms. The van der Waals surface area contributed by atoms with Crippen LogP contribution in [0.15, 0.2) is 70.1 Å². The van der Waals surface area contributed by atoms with Crippen LogP contribution in [-0.4, -0.2) is 34.4 Å². The fourth-order valence-corrected chi connectivity index (χ4v) is 4.95. The van der Waals surface area contributed by atoms with Crippen LogP contribution in [0.3, 0.4) is 0 Å². The van der Waals surface area contributed by atoms with Gasteiger partial charge < -0.3 is 10.1 Å². The van der Waals surface area contributed by atoms with E-state index in [9.17, 15) is 9.59 Å². The lowest BCUT2D eigenvalue weighted by Gasteiger charge is -2.17. The molecule has 7 heteroatoms. The summed E-state index contributed by atoms with van der Waals surface area (Å²) < 4.78 is 6.91. The van der Waals surface area contributed by atoms with Gasteiger partial charge in [0.25, 0.3) is 5.56 Å². The van der Waals surface area contributed by atoms with Crippen molar-refractivity contribution in [3.63, 3.8) is 0 Å². The Hall–Kier alpha value is -3.06. The zero-order chi connectivity index (χ0) is 23.2. The minimum Gasteiger partial charge on any atom is -0.497 e. The lowest BCUT2D eigenvalue weighted by Crippen LogP contribution is -2.32. The fraction of sp³-hybridized carbons (Fsp3) is 0.346. The molecule has 0 bridgehead atoms. The first-order valence-corrected chi connectivity index (χ1v) is 12.2. The minimum absolute atomic E-state index is 0.0593. The van der Waals surface area contributed by atoms with Gasteiger partial charge in [-0.05, 0) is 63.3 Å². The summed E-state index contributed by atoms with van der Waals surface area (Å²) >= 11 is 1.29. The third-order valence-corrected chi connectivity index (χ3v) is 6.89. The van der Waals surface area contributed by atoms with Gasteiger partial charge in [-0.25, -0.2) is 4.98 Å². The van der Waals surface area contributed by atoms with Gasteiger partial charge in [0.2, 0.25) is 5.91 Å². The lowest BCUT2D eigenvalue weighted by atomic mass is 9.97. The summed E-state index contributed by atoms with van der Waals surface area (Å²) in [5.74, 6) is 0.585. The van der Waals surface area contributed by atoms with Gasteiger partial charge in [0.1, 0.15) is 5.75 Å². The number of carbonyl (C=O) groups is 1. The molecule has 1 amide bonds. The van der Waals surface area contributed by atoms with E-state index in [0.717, 1.165) is 19.3 Å². The molecule has 0 aliphatic heterocycles. The number of para-hydroxylation sites is 1. The third-order valence-electron chi connectivity index (χ3n) is 5.84. The number of fused-ring (bicyclic) bond motifs is 1. The van der Waals surface area contributed by atoms with Crippen LogP contribution in [0.5, 0.6) is 5.75 Å². The highest BCUT2D eigenvalue weighted by atomic mass is 32.2. The van der Waals surface area contributed by atoms with E-state index in [0.29, 0.717) is 34.0 Å². The van der Waals surface area contributed by atoms with Gasteiger partial charge in [0, 0.05) is 12.6 Å². The number of thioether (sulfide) groups is 1. The maximum Gasteiger partial charge on any atom is 0.266 e. The number of allylic oxidation sites excluding steroid dienone is 1. The van der Waals surface area contributed by atoms with E-state index in [2.05, 4.69) is 11.4 Å². The summed E-state index contributed by atoms with van der Waals surface area (Å²) in [7, 11) is 1.59. The number of amides is 1. The van der Waals surface area contributed by atoms with Crippen molar-refractivity contribution in [1.82, 2.24) is 14.9 Å². The summed E-state index contributed by atoms with van der Waals surface area (Å²) in [5.41, 5.74) is 2.52. The van der Waals surface area contributed by atoms with Crippen LogP contribution in [0.25, 0.3) is 16.6 Å². The van der Waals surface area contributed by atoms with E-state index in [1.165, 1.54) is 30.2 Å². The van der Waals surface area contributed by atoms with Crippen molar-refractivity contribution in [1.29, 1.82) is 0 Å². The number of carbonyl (C=O) groups excluding carboxylic acids is 1. The van der Waals surface area contributed by atoms with E-state index < -0.39 is 5.25 Å². The number of benzene rings is 2. The molecule has 0 fully saturated rings. The van der Waals surface area contributed by atoms with Crippen LogP contribution in [0, 0.1) is 0 Å². The molecule has 1 aliphatic carbocycles. The van der Waals surface area contributed by atoms with Gasteiger partial charge >= 0.3 is 0 Å². The molecule has 6 nitrogen and oxygen atoms in total. The summed E-state index contributed by atoms with van der Waals surface area (Å²) in [6.07, 6.45) is 7.98. The van der Waals surface area contributed by atoms with E-state index in [1.54, 1.807) is 23.8 Å². The Labute approximate surface area is 198 Å². The number of hydrogen-bond donors (Lipinski definition) is 1. The Morgan fingerprint density at radius 1 is 1.21 bits per heavy atom. The molecule has 1 aromatic heterocycles. The number of methoxy groups -OCH3 is 1. The number of ether oxygens (including phenoxy) is 1. The summed E-state index contributed by atoms with van der Waals surface area (Å²) in [6, 6.07) is 14.6. The van der Waals surface area contributed by atoms with Crippen LogP contribution in [0.4, 0.5) is 0 Å². The van der Waals surface area contributed by atoms with E-state index in [1.807, 2.05) is 43.3 Å². The quantitative estimate of drug-likeness (QED) is 0.293. The molecular weight excluding hydrogens is 434 g/mol. The van der Waals surface area contributed by atoms with Gasteiger partial charge in [0.05, 0.1) is 29.0 Å². The molecule has 2 aromatic carbocycles. The van der Waals surface area contributed by atoms with Gasteiger partial charge in [0.15, 0.2) is 5.16 Å². The molecular formula is C26H29N3O3S. The molecule has 1 atom stereocenters. The summed E-state index contributed by atoms with van der Waals surface area (Å²) in [5, 5.41) is 3.64. The third kappa shape index (κ3) is 5.47. The Morgan fingerprint density at radius 3 is 2.85 bits per heavy atom. The molecule has 3 aromatic rings. The van der Waals surface area contributed by atoms with Crippen molar-refractivity contribution in [2.24, 2.45) is 0 Å². The maximum atomic E-state index is 13.4. The number of nitrogens with one attached hydrogen (secondary N) is 1. The van der Waals surface area contributed by atoms with Crippen molar-refractivity contribution >= 4 is 28.6 Å². The highest BCUT2D eigenvalue weighted by molar-refractivity contribution is 8.00. The second kappa shape index (κ2) is 10.7. The zero-order valence-corrected chi connectivity index (χ0v) is 19.9. The molecule has 33 heavy (non-hydrogen) atoms. The predicted octanol–water partition coefficient (Wildman–Crippen LogP) is 4.88. The fourth-order valence-electron chi connectivity index (χ4n) is 4.00. The van der Waals surface area contributed by atoms with E-state index in [-0.39, 0.29) is 11.5 Å². The Kier molecular flexibility index (Phi) is 7.50. The molecule has 172 valence electrons. The van der Waals surface area contributed by atoms with E-state index >= 15 is 0 Å². The van der Waals surface area contributed by atoms with Crippen molar-refractivity contribution in [2.75, 3.05) is 13.7 Å². The second-order valence-electron chi connectivity index (χ2n) is 8.16. The van der Waals surface area contributed by atoms with Gasteiger partial charge in [-0.15, -0.1) is 0 Å². The van der Waals surface area contributed by atoms with Gasteiger partial charge in [-0.1, -0.05) is 41.6 Å². The maximum absolute atomic E-state index is 13.4. The highest BCUT2D eigenvalue weighted by Gasteiger charge is 2.20. The largest absolute Gasteiger partial charge is 0.497 e. The number of nitrogens with zero attached hydrogens (tertiary/aromatic N) is 2. The summed E-state index contributed by atoms with van der Waals surface area (Å²) in [4.78, 5) is 30.9. The van der Waals surface area contributed by atoms with Crippen LogP contribution >= 0.6 is 11.8 Å². The number of aromatic nitrogens is 2. The first-order valence-electron chi connectivity index (χ1n) is 11.4. The van der Waals surface area contributed by atoms with Gasteiger partial charge in [-0.2, -0.15) is 0 Å². The normalized spacial score (nSPS) is 14.5. The average Bonchev–Trinajstić information content (AvgIpc) is 2.85. The van der Waals surface area contributed by atoms with Gasteiger partial charge in [-0.3, -0.25) is 14.2 Å². The number of rotatable bonds is 8. The predicted molar refractivity (Wildman–Crippen MR) is 133 cm³/mol. The van der Waals surface area contributed by atoms with Crippen molar-refractivity contribution in [2.45, 2.75) is 49.4 Å². The lowest BCUT2D eigenvalue weighted by molar-refractivity contribution is -0.120. The molecule has 0 saturated heterocycles. The topological polar surface area (TPSA) is 73.2 Å². The first-order chi connectivity index (χ1) is 16.1. The molecule has 4 rings (SSSR count). The zero-order valence-electron chi connectivity index (χ0n) is 19.0. The standard InChI is InChI=1S/C26H29N3O3S/c1-18(24(30)27-16-15-19-9-4-3-5-10-19)33-26-28-23-14-7-6-13-22(23)25(31)29(26)20-11-8-12-21(17-20)32-2/h6-9,11-14,17-18H,3-5,10,15-16H2,1-2H3,(H,27,30)/t18-/m0/s1. The Balaban J connectivity index is 1.58. The van der Waals surface area contributed by atoms with Crippen LogP contribution in [0.2, 0.25) is 0 Å². The van der Waals surface area contributed by atoms with E-state index in [4.69, 9.17) is 9.72 Å². The Morgan fingerprint density at radius 2 is 2.06 bits per heavy atom. The molecule has 0 saturated carbocycles. The molecule has 1 N–H and O–H groups in total. The minimum atomic E-state index is -0.407. The monoisotopic (exact) mass is 463 g/mol. The van der Waals surface area contributed by atoms with Crippen molar-refractivity contribution in [3.05, 3.63) is 70.5 Å². The number of hydrogen-bond acceptors (Lipinski definition) is 5. The highest BCUT2D eigenvalue weighted by Crippen LogP contribution is 2.27. The van der Waals surface area contributed by atoms with Crippen LogP contribution in [0.1, 0.15) is 39.0 Å². The molecule has 0 radical (unpaired) electrons. The van der Waals surface area contributed by atoms with Crippen LogP contribution < -0.4 is 15.6 Å². The molecule has 0 unspecified atom stereocenters. The van der Waals surface area contributed by atoms with Crippen molar-refractivity contribution < 1.29 is 9.53 Å². The average molecular weight is 464 g/mol. The molecule has 1 heterocycles. The van der Waals surface area contributed by atoms with Crippen LogP contribution in [-0.2, 0) is 4.79 Å².